The lowest BCUT2D eigenvalue weighted by atomic mass is 10.1. The lowest BCUT2D eigenvalue weighted by Gasteiger charge is -2.07. The van der Waals surface area contributed by atoms with Gasteiger partial charge in [0.15, 0.2) is 0 Å². The zero-order chi connectivity index (χ0) is 11.5. The first-order valence-corrected chi connectivity index (χ1v) is 6.95. The van der Waals surface area contributed by atoms with Gasteiger partial charge in [0.2, 0.25) is 5.91 Å². The quantitative estimate of drug-likeness (QED) is 0.890. The number of carbonyl (C=O) groups excluding carboxylic acids is 1. The SMILES string of the molecule is O=C(Cc1c(Br)cccc1Br)NCC1CC1. The molecule has 2 nitrogen and oxygen atoms in total. The first-order chi connectivity index (χ1) is 7.66. The predicted molar refractivity (Wildman–Crippen MR) is 71.3 cm³/mol. The van der Waals surface area contributed by atoms with Crippen molar-refractivity contribution in [2.45, 2.75) is 19.3 Å². The molecular weight excluding hydrogens is 334 g/mol. The van der Waals surface area contributed by atoms with Crippen LogP contribution in [0.15, 0.2) is 27.1 Å². The summed E-state index contributed by atoms with van der Waals surface area (Å²) in [4.78, 5) is 11.7. The molecule has 0 spiro atoms. The Bertz CT molecular complexity index is 382. The zero-order valence-electron chi connectivity index (χ0n) is 8.80. The number of hydrogen-bond acceptors (Lipinski definition) is 1. The summed E-state index contributed by atoms with van der Waals surface area (Å²) in [5, 5.41) is 2.97. The summed E-state index contributed by atoms with van der Waals surface area (Å²) < 4.78 is 1.95. The summed E-state index contributed by atoms with van der Waals surface area (Å²) in [7, 11) is 0. The third-order valence-electron chi connectivity index (χ3n) is 2.68. The van der Waals surface area contributed by atoms with Crippen molar-refractivity contribution in [3.63, 3.8) is 0 Å². The molecule has 0 aliphatic heterocycles. The molecule has 16 heavy (non-hydrogen) atoms. The van der Waals surface area contributed by atoms with Crippen molar-refractivity contribution in [3.8, 4) is 0 Å². The van der Waals surface area contributed by atoms with Crippen molar-refractivity contribution < 1.29 is 4.79 Å². The standard InChI is InChI=1S/C12H13Br2NO/c13-10-2-1-3-11(14)9(10)6-12(16)15-7-8-4-5-8/h1-3,8H,4-7H2,(H,15,16). The minimum Gasteiger partial charge on any atom is -0.356 e. The third kappa shape index (κ3) is 3.32. The fourth-order valence-electron chi connectivity index (χ4n) is 1.50. The molecule has 1 aliphatic carbocycles. The second-order valence-corrected chi connectivity index (χ2v) is 5.83. The molecule has 1 aromatic carbocycles. The summed E-state index contributed by atoms with van der Waals surface area (Å²) in [6.45, 7) is 0.834. The van der Waals surface area contributed by atoms with Crippen molar-refractivity contribution in [1.29, 1.82) is 0 Å². The molecule has 4 heteroatoms. The van der Waals surface area contributed by atoms with Gasteiger partial charge in [-0.25, -0.2) is 0 Å². The highest BCUT2D eigenvalue weighted by atomic mass is 79.9. The number of carbonyl (C=O) groups is 1. The first kappa shape index (κ1) is 12.1. The Hall–Kier alpha value is -0.350. The predicted octanol–water partition coefficient (Wildman–Crippen LogP) is 3.28. The Morgan fingerprint density at radius 3 is 2.50 bits per heavy atom. The maximum atomic E-state index is 11.7. The molecule has 0 bridgehead atoms. The van der Waals surface area contributed by atoms with Crippen LogP contribution in [0.2, 0.25) is 0 Å². The Balaban J connectivity index is 1.93. The highest BCUT2D eigenvalue weighted by molar-refractivity contribution is 9.11. The Morgan fingerprint density at radius 1 is 1.31 bits per heavy atom. The van der Waals surface area contributed by atoms with Crippen LogP contribution in [0.1, 0.15) is 18.4 Å². The summed E-state index contributed by atoms with van der Waals surface area (Å²) in [6, 6.07) is 5.85. The largest absolute Gasteiger partial charge is 0.356 e. The molecule has 1 aliphatic rings. The van der Waals surface area contributed by atoms with E-state index in [1.807, 2.05) is 18.2 Å². The highest BCUT2D eigenvalue weighted by Crippen LogP contribution is 2.28. The van der Waals surface area contributed by atoms with Gasteiger partial charge in [-0.3, -0.25) is 4.79 Å². The molecule has 0 unspecified atom stereocenters. The van der Waals surface area contributed by atoms with E-state index in [1.165, 1.54) is 12.8 Å². The maximum Gasteiger partial charge on any atom is 0.224 e. The lowest BCUT2D eigenvalue weighted by molar-refractivity contribution is -0.120. The fraction of sp³-hybridized carbons (Fsp3) is 0.417. The van der Waals surface area contributed by atoms with E-state index in [4.69, 9.17) is 0 Å². The van der Waals surface area contributed by atoms with Gasteiger partial charge in [-0.15, -0.1) is 0 Å². The van der Waals surface area contributed by atoms with Gasteiger partial charge in [0, 0.05) is 15.5 Å². The normalized spacial score (nSPS) is 14.9. The van der Waals surface area contributed by atoms with Crippen molar-refractivity contribution in [2.75, 3.05) is 6.54 Å². The molecule has 1 N–H and O–H groups in total. The van der Waals surface area contributed by atoms with E-state index in [-0.39, 0.29) is 5.91 Å². The fourth-order valence-corrected chi connectivity index (χ4v) is 2.78. The number of halogens is 2. The average molecular weight is 347 g/mol. The van der Waals surface area contributed by atoms with E-state index >= 15 is 0 Å². The maximum absolute atomic E-state index is 11.7. The Labute approximate surface area is 112 Å². The molecular formula is C12H13Br2NO. The number of nitrogens with one attached hydrogen (secondary N) is 1. The highest BCUT2D eigenvalue weighted by Gasteiger charge is 2.21. The average Bonchev–Trinajstić information content (AvgIpc) is 3.04. The molecule has 0 saturated heterocycles. The molecule has 1 aromatic rings. The van der Waals surface area contributed by atoms with Gasteiger partial charge in [0.05, 0.1) is 6.42 Å². The Kier molecular flexibility index (Phi) is 4.03. The number of amides is 1. The second-order valence-electron chi connectivity index (χ2n) is 4.12. The minimum absolute atomic E-state index is 0.0968. The molecule has 86 valence electrons. The van der Waals surface area contributed by atoms with E-state index in [0.717, 1.165) is 27.0 Å². The van der Waals surface area contributed by atoms with Crippen molar-refractivity contribution in [3.05, 3.63) is 32.7 Å². The molecule has 1 amide bonds. The third-order valence-corrected chi connectivity index (χ3v) is 4.17. The van der Waals surface area contributed by atoms with E-state index in [9.17, 15) is 4.79 Å². The van der Waals surface area contributed by atoms with Gasteiger partial charge in [-0.1, -0.05) is 37.9 Å². The summed E-state index contributed by atoms with van der Waals surface area (Å²) >= 11 is 6.92. The van der Waals surface area contributed by atoms with Crippen molar-refractivity contribution >= 4 is 37.8 Å². The van der Waals surface area contributed by atoms with Gasteiger partial charge in [0.1, 0.15) is 0 Å². The van der Waals surface area contributed by atoms with Gasteiger partial charge in [-0.2, -0.15) is 0 Å². The molecule has 0 heterocycles. The van der Waals surface area contributed by atoms with E-state index in [2.05, 4.69) is 37.2 Å². The van der Waals surface area contributed by atoms with Crippen LogP contribution in [0.4, 0.5) is 0 Å². The summed E-state index contributed by atoms with van der Waals surface area (Å²) in [5.74, 6) is 0.825. The van der Waals surface area contributed by atoms with Gasteiger partial charge >= 0.3 is 0 Å². The van der Waals surface area contributed by atoms with Crippen LogP contribution in [-0.4, -0.2) is 12.5 Å². The monoisotopic (exact) mass is 345 g/mol. The molecule has 1 fully saturated rings. The van der Waals surface area contributed by atoms with Crippen LogP contribution in [0.25, 0.3) is 0 Å². The first-order valence-electron chi connectivity index (χ1n) is 5.36. The number of hydrogen-bond donors (Lipinski definition) is 1. The van der Waals surface area contributed by atoms with Crippen molar-refractivity contribution in [2.24, 2.45) is 5.92 Å². The zero-order valence-corrected chi connectivity index (χ0v) is 12.0. The van der Waals surface area contributed by atoms with Crippen molar-refractivity contribution in [1.82, 2.24) is 5.32 Å². The summed E-state index contributed by atoms with van der Waals surface area (Å²) in [6.07, 6.45) is 2.95. The summed E-state index contributed by atoms with van der Waals surface area (Å²) in [5.41, 5.74) is 1.01. The van der Waals surface area contributed by atoms with Crippen LogP contribution in [0.5, 0.6) is 0 Å². The smallest absolute Gasteiger partial charge is 0.224 e. The molecule has 0 radical (unpaired) electrons. The second kappa shape index (κ2) is 5.32. The topological polar surface area (TPSA) is 29.1 Å². The number of benzene rings is 1. The van der Waals surface area contributed by atoms with Gasteiger partial charge in [-0.05, 0) is 36.5 Å². The van der Waals surface area contributed by atoms with E-state index in [1.54, 1.807) is 0 Å². The number of rotatable bonds is 4. The van der Waals surface area contributed by atoms with Crippen LogP contribution in [-0.2, 0) is 11.2 Å². The van der Waals surface area contributed by atoms with E-state index in [0.29, 0.717) is 6.42 Å². The van der Waals surface area contributed by atoms with Gasteiger partial charge < -0.3 is 5.32 Å². The van der Waals surface area contributed by atoms with E-state index < -0.39 is 0 Å². The van der Waals surface area contributed by atoms with Crippen LogP contribution in [0.3, 0.4) is 0 Å². The van der Waals surface area contributed by atoms with Gasteiger partial charge in [0.25, 0.3) is 0 Å². The molecule has 2 rings (SSSR count). The van der Waals surface area contributed by atoms with Crippen LogP contribution in [0, 0.1) is 5.92 Å². The lowest BCUT2D eigenvalue weighted by Crippen LogP contribution is -2.27. The van der Waals surface area contributed by atoms with Crippen LogP contribution < -0.4 is 5.32 Å². The molecule has 0 atom stereocenters. The van der Waals surface area contributed by atoms with Crippen LogP contribution >= 0.6 is 31.9 Å². The molecule has 1 saturated carbocycles. The Morgan fingerprint density at radius 2 is 1.94 bits per heavy atom. The molecule has 0 aromatic heterocycles. The minimum atomic E-state index is 0.0968.